The second-order valence-electron chi connectivity index (χ2n) is 7.21. The lowest BCUT2D eigenvalue weighted by Gasteiger charge is -2.09. The fraction of sp³-hybridized carbons (Fsp3) is 0.208. The van der Waals surface area contributed by atoms with Gasteiger partial charge in [0.2, 0.25) is 0 Å². The van der Waals surface area contributed by atoms with Gasteiger partial charge in [-0.05, 0) is 37.1 Å². The molecule has 0 amide bonds. The van der Waals surface area contributed by atoms with Gasteiger partial charge < -0.3 is 9.47 Å². The van der Waals surface area contributed by atoms with Crippen LogP contribution in [-0.2, 0) is 16.1 Å². The van der Waals surface area contributed by atoms with E-state index in [9.17, 15) is 9.59 Å². The first-order valence-electron chi connectivity index (χ1n) is 9.90. The van der Waals surface area contributed by atoms with E-state index in [-0.39, 0.29) is 25.3 Å². The Balaban J connectivity index is 1.47. The van der Waals surface area contributed by atoms with Gasteiger partial charge in [-0.1, -0.05) is 42.0 Å². The van der Waals surface area contributed by atoms with E-state index in [4.69, 9.17) is 9.47 Å². The Morgan fingerprint density at radius 1 is 1.06 bits per heavy atom. The maximum absolute atomic E-state index is 13.1. The molecule has 31 heavy (non-hydrogen) atoms. The molecule has 0 unspecified atom stereocenters. The average Bonchev–Trinajstić information content (AvgIpc) is 3.19. The quantitative estimate of drug-likeness (QED) is 0.319. The number of fused-ring (bicyclic) bond motifs is 1. The maximum atomic E-state index is 13.1. The maximum Gasteiger partial charge on any atom is 0.326 e. The van der Waals surface area contributed by atoms with Crippen LogP contribution in [0.2, 0.25) is 0 Å². The molecule has 0 spiro atoms. The van der Waals surface area contributed by atoms with E-state index in [1.807, 2.05) is 61.7 Å². The van der Waals surface area contributed by atoms with Gasteiger partial charge in [-0.3, -0.25) is 14.2 Å². The van der Waals surface area contributed by atoms with Crippen molar-refractivity contribution in [1.82, 2.24) is 9.55 Å². The van der Waals surface area contributed by atoms with Gasteiger partial charge in [0.1, 0.15) is 30.3 Å². The first kappa shape index (κ1) is 20.8. The van der Waals surface area contributed by atoms with Crippen LogP contribution in [0.1, 0.15) is 11.1 Å². The first-order valence-corrected chi connectivity index (χ1v) is 10.8. The van der Waals surface area contributed by atoms with E-state index >= 15 is 0 Å². The summed E-state index contributed by atoms with van der Waals surface area (Å²) < 4.78 is 12.0. The molecular weight excluding hydrogens is 412 g/mol. The van der Waals surface area contributed by atoms with E-state index in [0.29, 0.717) is 16.0 Å². The predicted octanol–water partition coefficient (Wildman–Crippen LogP) is 4.36. The standard InChI is InChI=1S/C24H22N2O4S/c1-16-8-9-19(17(2)12-16)20-14-31-23-22(20)24(28)26(15-25-23)13-21(27)30-11-10-29-18-6-4-3-5-7-18/h3-9,12,14-15H,10-11,13H2,1-2H3. The molecule has 0 aliphatic heterocycles. The van der Waals surface area contributed by atoms with Crippen molar-refractivity contribution in [1.29, 1.82) is 0 Å². The summed E-state index contributed by atoms with van der Waals surface area (Å²) in [5, 5.41) is 2.47. The SMILES string of the molecule is Cc1ccc(-c2csc3ncn(CC(=O)OCCOc4ccccc4)c(=O)c23)c(C)c1. The number of benzene rings is 2. The summed E-state index contributed by atoms with van der Waals surface area (Å²) in [5.41, 5.74) is 3.84. The highest BCUT2D eigenvalue weighted by atomic mass is 32.1. The Morgan fingerprint density at radius 2 is 1.87 bits per heavy atom. The van der Waals surface area contributed by atoms with Gasteiger partial charge >= 0.3 is 5.97 Å². The number of hydrogen-bond acceptors (Lipinski definition) is 6. The minimum atomic E-state index is -0.511. The van der Waals surface area contributed by atoms with Crippen molar-refractivity contribution >= 4 is 27.5 Å². The van der Waals surface area contributed by atoms with Gasteiger partial charge in [-0.2, -0.15) is 0 Å². The molecule has 2 aromatic carbocycles. The first-order chi connectivity index (χ1) is 15.0. The second-order valence-corrected chi connectivity index (χ2v) is 8.07. The number of aromatic nitrogens is 2. The van der Waals surface area contributed by atoms with Crippen LogP contribution < -0.4 is 10.3 Å². The highest BCUT2D eigenvalue weighted by Gasteiger charge is 2.16. The van der Waals surface area contributed by atoms with Crippen molar-refractivity contribution in [3.05, 3.63) is 81.7 Å². The molecule has 0 aliphatic rings. The van der Waals surface area contributed by atoms with E-state index < -0.39 is 5.97 Å². The average molecular weight is 435 g/mol. The molecule has 4 aromatic rings. The van der Waals surface area contributed by atoms with Crippen molar-refractivity contribution in [2.24, 2.45) is 0 Å². The van der Waals surface area contributed by atoms with Crippen LogP contribution in [0, 0.1) is 13.8 Å². The number of esters is 1. The smallest absolute Gasteiger partial charge is 0.326 e. The molecule has 2 heterocycles. The molecule has 0 aliphatic carbocycles. The van der Waals surface area contributed by atoms with E-state index in [1.54, 1.807) is 0 Å². The van der Waals surface area contributed by atoms with Crippen molar-refractivity contribution in [2.75, 3.05) is 13.2 Å². The van der Waals surface area contributed by atoms with Crippen LogP contribution in [0.5, 0.6) is 5.75 Å². The van der Waals surface area contributed by atoms with E-state index in [1.165, 1.54) is 22.2 Å². The van der Waals surface area contributed by atoms with E-state index in [2.05, 4.69) is 11.1 Å². The van der Waals surface area contributed by atoms with Gasteiger partial charge in [0.05, 0.1) is 11.7 Å². The summed E-state index contributed by atoms with van der Waals surface area (Å²) in [6.45, 7) is 4.20. The molecule has 158 valence electrons. The molecular formula is C24H22N2O4S. The Morgan fingerprint density at radius 3 is 2.65 bits per heavy atom. The number of aryl methyl sites for hydroxylation is 2. The number of thiophene rings is 1. The molecule has 7 heteroatoms. The molecule has 0 saturated carbocycles. The second kappa shape index (κ2) is 9.14. The van der Waals surface area contributed by atoms with Gasteiger partial charge in [-0.25, -0.2) is 4.98 Å². The summed E-state index contributed by atoms with van der Waals surface area (Å²) >= 11 is 1.42. The summed E-state index contributed by atoms with van der Waals surface area (Å²) in [6, 6.07) is 15.4. The largest absolute Gasteiger partial charge is 0.490 e. The van der Waals surface area contributed by atoms with Crippen LogP contribution in [0.25, 0.3) is 21.3 Å². The lowest BCUT2D eigenvalue weighted by atomic mass is 9.99. The number of para-hydroxylation sites is 1. The number of carbonyl (C=O) groups excluding carboxylic acids is 1. The zero-order valence-electron chi connectivity index (χ0n) is 17.3. The normalized spacial score (nSPS) is 10.9. The minimum Gasteiger partial charge on any atom is -0.490 e. The summed E-state index contributed by atoms with van der Waals surface area (Å²) in [5.74, 6) is 0.198. The highest BCUT2D eigenvalue weighted by molar-refractivity contribution is 7.17. The fourth-order valence-corrected chi connectivity index (χ4v) is 4.31. The van der Waals surface area contributed by atoms with Crippen molar-refractivity contribution < 1.29 is 14.3 Å². The number of ether oxygens (including phenoxy) is 2. The van der Waals surface area contributed by atoms with Crippen molar-refractivity contribution in [3.8, 4) is 16.9 Å². The monoisotopic (exact) mass is 434 g/mol. The molecule has 0 radical (unpaired) electrons. The highest BCUT2D eigenvalue weighted by Crippen LogP contribution is 2.32. The Hall–Kier alpha value is -3.45. The Bertz CT molecular complexity index is 1280. The van der Waals surface area contributed by atoms with Crippen LogP contribution >= 0.6 is 11.3 Å². The lowest BCUT2D eigenvalue weighted by Crippen LogP contribution is -2.26. The van der Waals surface area contributed by atoms with Crippen LogP contribution in [-0.4, -0.2) is 28.7 Å². The fourth-order valence-electron chi connectivity index (χ4n) is 3.41. The molecule has 6 nitrogen and oxygen atoms in total. The Kier molecular flexibility index (Phi) is 6.13. The summed E-state index contributed by atoms with van der Waals surface area (Å²) in [4.78, 5) is 30.4. The van der Waals surface area contributed by atoms with Crippen molar-refractivity contribution in [3.63, 3.8) is 0 Å². The molecule has 4 rings (SSSR count). The predicted molar refractivity (Wildman–Crippen MR) is 122 cm³/mol. The zero-order valence-corrected chi connectivity index (χ0v) is 18.1. The van der Waals surface area contributed by atoms with Gasteiger partial charge in [0.15, 0.2) is 0 Å². The molecule has 0 bridgehead atoms. The number of carbonyl (C=O) groups is 1. The molecule has 0 atom stereocenters. The third-order valence-electron chi connectivity index (χ3n) is 4.89. The molecule has 0 fully saturated rings. The van der Waals surface area contributed by atoms with Gasteiger partial charge in [0.25, 0.3) is 5.56 Å². The minimum absolute atomic E-state index is 0.102. The third kappa shape index (κ3) is 4.67. The lowest BCUT2D eigenvalue weighted by molar-refractivity contribution is -0.145. The van der Waals surface area contributed by atoms with Crippen LogP contribution in [0.4, 0.5) is 0 Å². The summed E-state index contributed by atoms with van der Waals surface area (Å²) in [7, 11) is 0. The van der Waals surface area contributed by atoms with Crippen LogP contribution in [0.3, 0.4) is 0 Å². The zero-order chi connectivity index (χ0) is 21.8. The van der Waals surface area contributed by atoms with E-state index in [0.717, 1.165) is 22.3 Å². The molecule has 2 aromatic heterocycles. The van der Waals surface area contributed by atoms with Gasteiger partial charge in [-0.15, -0.1) is 11.3 Å². The van der Waals surface area contributed by atoms with Crippen LogP contribution in [0.15, 0.2) is 65.0 Å². The number of nitrogens with zero attached hydrogens (tertiary/aromatic N) is 2. The number of hydrogen-bond donors (Lipinski definition) is 0. The Labute approximate surface area is 183 Å². The third-order valence-corrected chi connectivity index (χ3v) is 5.78. The van der Waals surface area contributed by atoms with Crippen molar-refractivity contribution in [2.45, 2.75) is 20.4 Å². The summed E-state index contributed by atoms with van der Waals surface area (Å²) in [6.07, 6.45) is 1.40. The van der Waals surface area contributed by atoms with Gasteiger partial charge in [0, 0.05) is 10.9 Å². The molecule has 0 N–H and O–H groups in total. The molecule has 0 saturated heterocycles. The number of rotatable bonds is 7. The topological polar surface area (TPSA) is 70.4 Å².